The number of methoxy groups -OCH3 is 1. The molecule has 0 aromatic carbocycles. The summed E-state index contributed by atoms with van der Waals surface area (Å²) in [5.74, 6) is 0.301. The average Bonchev–Trinajstić information content (AvgIpc) is 3.22. The molecule has 3 amide bonds. The zero-order chi connectivity index (χ0) is 48.1. The van der Waals surface area contributed by atoms with Crippen LogP contribution in [0, 0.1) is 0 Å². The van der Waals surface area contributed by atoms with Crippen LogP contribution in [0.15, 0.2) is 36.5 Å². The second-order valence-corrected chi connectivity index (χ2v) is 19.7. The molecule has 3 atom stereocenters. The highest BCUT2D eigenvalue weighted by molar-refractivity contribution is 8.76. The lowest BCUT2D eigenvalue weighted by Gasteiger charge is -2.16. The smallest absolute Gasteiger partial charge is 0.305 e. The number of carboxylic acids is 2. The fourth-order valence-corrected chi connectivity index (χ4v) is 9.22. The van der Waals surface area contributed by atoms with Crippen molar-refractivity contribution in [1.82, 2.24) is 16.0 Å². The van der Waals surface area contributed by atoms with E-state index in [0.717, 1.165) is 140 Å². The number of allylic oxidation sites excluding steroid dienone is 3. The van der Waals surface area contributed by atoms with Gasteiger partial charge in [0, 0.05) is 64.2 Å². The highest BCUT2D eigenvalue weighted by atomic mass is 33.1. The summed E-state index contributed by atoms with van der Waals surface area (Å²) in [6.45, 7) is 6.07. The summed E-state index contributed by atoms with van der Waals surface area (Å²) in [4.78, 5) is 77.4. The van der Waals surface area contributed by atoms with Gasteiger partial charge in [-0.1, -0.05) is 147 Å². The maximum Gasteiger partial charge on any atom is 0.305 e. The second-order valence-electron chi connectivity index (χ2n) is 15.9. The van der Waals surface area contributed by atoms with Crippen molar-refractivity contribution >= 4 is 74.1 Å². The minimum Gasteiger partial charge on any atom is -0.481 e. The molecular weight excluding hydrogens is 875 g/mol. The third-order valence-electron chi connectivity index (χ3n) is 9.57. The maximum atomic E-state index is 11.6. The molecule has 0 saturated heterocycles. The Hall–Kier alpha value is -3.24. The van der Waals surface area contributed by atoms with Crippen molar-refractivity contribution < 1.29 is 48.5 Å². The molecule has 64 heavy (non-hydrogen) atoms. The van der Waals surface area contributed by atoms with E-state index in [-0.39, 0.29) is 59.8 Å². The Morgan fingerprint density at radius 3 is 1.05 bits per heavy atom. The van der Waals surface area contributed by atoms with Crippen molar-refractivity contribution in [3.8, 4) is 0 Å². The van der Waals surface area contributed by atoms with E-state index in [2.05, 4.69) is 51.1 Å². The van der Waals surface area contributed by atoms with E-state index in [1.165, 1.54) is 53.0 Å². The molecule has 0 bridgehead atoms. The number of aliphatic carboxylic acids is 2. The van der Waals surface area contributed by atoms with Crippen LogP contribution in [0.25, 0.3) is 0 Å². The average molecular weight is 958 g/mol. The van der Waals surface area contributed by atoms with E-state index in [9.17, 15) is 33.6 Å². The molecule has 0 fully saturated rings. The van der Waals surface area contributed by atoms with Crippen molar-refractivity contribution in [3.63, 3.8) is 0 Å². The molecule has 0 aliphatic heterocycles. The van der Waals surface area contributed by atoms with E-state index in [1.807, 2.05) is 6.08 Å². The standard InChI is InChI=1S/C30H52N2O6S2.C18H31NO4S/c1-25(33)31-27(19-15-11-7-3-5-9-13-17-21-29(35)36)23-39-40-24-28(32-26(2)34)20-16-12-8-4-6-10-14-18-22-30(37)38;1-15(20)19-17(14-24-16(2)21)12-10-8-6-4-5-7-9-11-13-18(22)23-3/h15-16,19-20,27-28H,3-14,17-18,21-24H2,1-2H3,(H,31,33)(H,32,34)(H,35,36)(H,37,38);10,12,17H,4-9,11,13-14H2,1-3H3,(H,19,20)/b19-15+,20-16+;12-10+/t27-,28-;17-/m11/s1. The van der Waals surface area contributed by atoms with Crippen molar-refractivity contribution in [1.29, 1.82) is 0 Å². The Labute approximate surface area is 397 Å². The minimum absolute atomic E-state index is 0.0371. The van der Waals surface area contributed by atoms with Crippen LogP contribution in [0.5, 0.6) is 0 Å². The number of ether oxygens (including phenoxy) is 1. The number of unbranched alkanes of at least 4 members (excludes halogenated alkanes) is 18. The first-order valence-corrected chi connectivity index (χ1v) is 26.8. The van der Waals surface area contributed by atoms with E-state index < -0.39 is 11.9 Å². The van der Waals surface area contributed by atoms with Gasteiger partial charge in [-0.3, -0.25) is 33.6 Å². The van der Waals surface area contributed by atoms with Gasteiger partial charge >= 0.3 is 17.9 Å². The number of hydrogen-bond donors (Lipinski definition) is 5. The van der Waals surface area contributed by atoms with Crippen LogP contribution in [0.4, 0.5) is 0 Å². The molecule has 16 heteroatoms. The lowest BCUT2D eigenvalue weighted by molar-refractivity contribution is -0.141. The Morgan fingerprint density at radius 1 is 0.453 bits per heavy atom. The number of esters is 1. The SMILES string of the molecule is CC(=O)N[C@H](/C=C/CCCCCCCCC(=O)O)CSSC[C@@H](/C=C/CCCCCCCCC(=O)O)NC(C)=O.COC(=O)CCCCCCCC/C=C/[C@H](CSC(C)=O)NC(C)=O. The minimum atomic E-state index is -0.720. The van der Waals surface area contributed by atoms with Gasteiger partial charge < -0.3 is 30.9 Å². The molecule has 0 radical (unpaired) electrons. The summed E-state index contributed by atoms with van der Waals surface area (Å²) in [6, 6.07) is -0.162. The maximum absolute atomic E-state index is 11.6. The summed E-state index contributed by atoms with van der Waals surface area (Å²) < 4.78 is 4.60. The van der Waals surface area contributed by atoms with Crippen LogP contribution in [0.1, 0.15) is 182 Å². The summed E-state index contributed by atoms with van der Waals surface area (Å²) in [6.07, 6.45) is 35.2. The molecule has 0 aliphatic rings. The van der Waals surface area contributed by atoms with Gasteiger partial charge in [0.25, 0.3) is 0 Å². The van der Waals surface area contributed by atoms with Crippen LogP contribution in [-0.2, 0) is 38.3 Å². The molecule has 0 aliphatic carbocycles. The van der Waals surface area contributed by atoms with Gasteiger partial charge in [-0.15, -0.1) is 0 Å². The molecular formula is C48H83N3O10S3. The second kappa shape index (κ2) is 46.3. The van der Waals surface area contributed by atoms with Gasteiger partial charge in [0.1, 0.15) is 0 Å². The van der Waals surface area contributed by atoms with Gasteiger partial charge in [-0.05, 0) is 57.8 Å². The number of thioether (sulfide) groups is 1. The Bertz CT molecular complexity index is 1300. The van der Waals surface area contributed by atoms with Crippen molar-refractivity contribution in [2.75, 3.05) is 24.4 Å². The topological polar surface area (TPSA) is 205 Å². The molecule has 368 valence electrons. The number of carboxylic acid groups (broad SMARTS) is 2. The van der Waals surface area contributed by atoms with Crippen molar-refractivity contribution in [2.45, 2.75) is 200 Å². The monoisotopic (exact) mass is 958 g/mol. The highest BCUT2D eigenvalue weighted by Gasteiger charge is 2.11. The fraction of sp³-hybridized carbons (Fsp3) is 0.729. The Morgan fingerprint density at radius 2 is 0.750 bits per heavy atom. The van der Waals surface area contributed by atoms with Crippen LogP contribution in [-0.4, -0.2) is 93.5 Å². The zero-order valence-electron chi connectivity index (χ0n) is 39.7. The summed E-state index contributed by atoms with van der Waals surface area (Å²) in [7, 11) is 4.79. The zero-order valence-corrected chi connectivity index (χ0v) is 42.1. The summed E-state index contributed by atoms with van der Waals surface area (Å²) in [5, 5.41) is 26.2. The summed E-state index contributed by atoms with van der Waals surface area (Å²) >= 11 is 1.23. The molecule has 0 heterocycles. The number of nitrogens with one attached hydrogen (secondary N) is 3. The van der Waals surface area contributed by atoms with E-state index >= 15 is 0 Å². The molecule has 0 spiro atoms. The number of amides is 3. The third kappa shape index (κ3) is 51.4. The summed E-state index contributed by atoms with van der Waals surface area (Å²) in [5.41, 5.74) is 0. The number of rotatable bonds is 40. The van der Waals surface area contributed by atoms with Gasteiger partial charge in [-0.2, -0.15) is 0 Å². The first-order chi connectivity index (χ1) is 30.7. The predicted octanol–water partition coefficient (Wildman–Crippen LogP) is 10.5. The van der Waals surface area contributed by atoms with Crippen LogP contribution in [0.3, 0.4) is 0 Å². The van der Waals surface area contributed by atoms with Gasteiger partial charge in [0.15, 0.2) is 5.12 Å². The van der Waals surface area contributed by atoms with Crippen molar-refractivity contribution in [3.05, 3.63) is 36.5 Å². The van der Waals surface area contributed by atoms with Gasteiger partial charge in [0.05, 0.1) is 25.2 Å². The third-order valence-corrected chi connectivity index (χ3v) is 13.0. The van der Waals surface area contributed by atoms with Crippen molar-refractivity contribution in [2.24, 2.45) is 0 Å². The van der Waals surface area contributed by atoms with E-state index in [1.54, 1.807) is 21.6 Å². The molecule has 5 N–H and O–H groups in total. The number of carbonyl (C=O) groups excluding carboxylic acids is 5. The van der Waals surface area contributed by atoms with Gasteiger partial charge in [0.2, 0.25) is 17.7 Å². The molecule has 13 nitrogen and oxygen atoms in total. The quantitative estimate of drug-likeness (QED) is 0.0168. The normalized spacial score (nSPS) is 12.6. The van der Waals surface area contributed by atoms with Gasteiger partial charge in [-0.25, -0.2) is 0 Å². The largest absolute Gasteiger partial charge is 0.481 e. The Balaban J connectivity index is 0. The lowest BCUT2D eigenvalue weighted by atomic mass is 10.1. The number of hydrogen-bond acceptors (Lipinski definition) is 11. The molecule has 0 unspecified atom stereocenters. The molecule has 0 aromatic rings. The van der Waals surface area contributed by atoms with E-state index in [4.69, 9.17) is 10.2 Å². The Kier molecular flexibility index (Phi) is 45.5. The molecule has 0 rings (SSSR count). The predicted molar refractivity (Wildman–Crippen MR) is 266 cm³/mol. The molecule has 0 saturated carbocycles. The van der Waals surface area contributed by atoms with E-state index in [0.29, 0.717) is 12.2 Å². The number of carbonyl (C=O) groups is 7. The van der Waals surface area contributed by atoms with Crippen LogP contribution < -0.4 is 16.0 Å². The first-order valence-electron chi connectivity index (χ1n) is 23.4. The van der Waals surface area contributed by atoms with Crippen LogP contribution in [0.2, 0.25) is 0 Å². The highest BCUT2D eigenvalue weighted by Crippen LogP contribution is 2.24. The fourth-order valence-electron chi connectivity index (χ4n) is 6.28. The lowest BCUT2D eigenvalue weighted by Crippen LogP contribution is -2.34. The van der Waals surface area contributed by atoms with Crippen LogP contribution >= 0.6 is 33.3 Å². The first kappa shape index (κ1) is 62.8. The molecule has 0 aromatic heterocycles.